The Hall–Kier alpha value is -1.08. The molecule has 1 aromatic heterocycles. The average molecular weight is 231 g/mol. The van der Waals surface area contributed by atoms with E-state index in [2.05, 4.69) is 22.6 Å². The number of nitrogens with zero attached hydrogens (tertiary/aromatic N) is 2. The number of thiol groups is 1. The fraction of sp³-hybridized carbons (Fsp3) is 0.286. The van der Waals surface area contributed by atoms with Crippen LogP contribution >= 0.6 is 24.8 Å². The van der Waals surface area contributed by atoms with Crippen molar-refractivity contribution in [3.05, 3.63) is 10.7 Å². The van der Waals surface area contributed by atoms with Crippen molar-refractivity contribution in [1.29, 1.82) is 0 Å². The number of carbonyl (C=O) groups is 1. The molecule has 0 aliphatic heterocycles. The van der Waals surface area contributed by atoms with Crippen LogP contribution in [0.25, 0.3) is 0 Å². The molecule has 7 heteroatoms. The van der Waals surface area contributed by atoms with Crippen LogP contribution in [-0.4, -0.2) is 34.6 Å². The minimum absolute atomic E-state index is 0.143. The van der Waals surface area contributed by atoms with Gasteiger partial charge in [0.05, 0.1) is 5.03 Å². The second kappa shape index (κ2) is 4.43. The van der Waals surface area contributed by atoms with E-state index in [-0.39, 0.29) is 6.54 Å². The van der Waals surface area contributed by atoms with Crippen LogP contribution in [0.1, 0.15) is 0 Å². The molecule has 2 N–H and O–H groups in total. The first-order valence-electron chi connectivity index (χ1n) is 3.72. The maximum atomic E-state index is 10.4. The number of hydrogen-bond acceptors (Lipinski definition) is 5. The number of anilines is 1. The minimum atomic E-state index is -0.932. The fourth-order valence-corrected chi connectivity index (χ4v) is 1.40. The molecular weight excluding hydrogens is 222 g/mol. The van der Waals surface area contributed by atoms with Gasteiger partial charge >= 0.3 is 5.97 Å². The lowest BCUT2D eigenvalue weighted by Gasteiger charge is -2.14. The van der Waals surface area contributed by atoms with Crippen LogP contribution in [0.15, 0.2) is 11.1 Å². The van der Waals surface area contributed by atoms with Gasteiger partial charge in [0.2, 0.25) is 5.95 Å². The highest BCUT2D eigenvalue weighted by atomic mass is 32.1. The van der Waals surface area contributed by atoms with E-state index >= 15 is 0 Å². The lowest BCUT2D eigenvalue weighted by molar-refractivity contribution is -0.135. The molecule has 0 saturated carbocycles. The van der Waals surface area contributed by atoms with Crippen molar-refractivity contribution in [1.82, 2.24) is 9.97 Å². The molecule has 76 valence electrons. The van der Waals surface area contributed by atoms with Gasteiger partial charge in [0.15, 0.2) is 0 Å². The molecule has 0 radical (unpaired) electrons. The highest BCUT2D eigenvalue weighted by molar-refractivity contribution is 7.80. The lowest BCUT2D eigenvalue weighted by atomic mass is 10.5. The number of aromatic nitrogens is 2. The minimum Gasteiger partial charge on any atom is -0.480 e. The Morgan fingerprint density at radius 3 is 3.00 bits per heavy atom. The van der Waals surface area contributed by atoms with Crippen LogP contribution in [0, 0.1) is 4.64 Å². The standard InChI is InChI=1S/C7H9N3O2S2/c1-10(3-6(11)12)7-8-4(13)2-5(14)9-7/h2H,3H2,1H3,(H,11,12)(H2,8,9,13,14). The van der Waals surface area contributed by atoms with E-state index in [0.29, 0.717) is 15.6 Å². The first kappa shape index (κ1) is 11.0. The van der Waals surface area contributed by atoms with E-state index in [1.165, 1.54) is 4.90 Å². The molecule has 14 heavy (non-hydrogen) atoms. The van der Waals surface area contributed by atoms with Gasteiger partial charge in [-0.3, -0.25) is 4.79 Å². The van der Waals surface area contributed by atoms with Crippen LogP contribution in [0.4, 0.5) is 5.95 Å². The number of H-pyrrole nitrogens is 1. The van der Waals surface area contributed by atoms with Crippen molar-refractivity contribution in [3.63, 3.8) is 0 Å². The Balaban J connectivity index is 2.95. The predicted octanol–water partition coefficient (Wildman–Crippen LogP) is 0.949. The molecule has 0 spiro atoms. The Bertz CT molecular complexity index is 404. The largest absolute Gasteiger partial charge is 0.480 e. The summed E-state index contributed by atoms with van der Waals surface area (Å²) in [5, 5.41) is 9.01. The summed E-state index contributed by atoms with van der Waals surface area (Å²) in [6.07, 6.45) is 0. The Labute approximate surface area is 91.2 Å². The molecular formula is C7H9N3O2S2. The number of nitrogens with one attached hydrogen (secondary N) is 1. The first-order chi connectivity index (χ1) is 6.49. The topological polar surface area (TPSA) is 69.2 Å². The zero-order chi connectivity index (χ0) is 10.7. The van der Waals surface area contributed by atoms with Crippen LogP contribution in [0.5, 0.6) is 0 Å². The van der Waals surface area contributed by atoms with E-state index in [4.69, 9.17) is 17.3 Å². The summed E-state index contributed by atoms with van der Waals surface area (Å²) < 4.78 is 0.470. The molecule has 0 aromatic carbocycles. The molecule has 0 aliphatic rings. The third-order valence-electron chi connectivity index (χ3n) is 1.45. The Kier molecular flexibility index (Phi) is 3.48. The number of aliphatic carboxylic acids is 1. The number of aromatic amines is 1. The fourth-order valence-electron chi connectivity index (χ4n) is 0.891. The number of hydrogen-bond donors (Lipinski definition) is 3. The van der Waals surface area contributed by atoms with E-state index < -0.39 is 5.97 Å². The van der Waals surface area contributed by atoms with Gasteiger partial charge < -0.3 is 15.0 Å². The molecule has 0 bridgehead atoms. The van der Waals surface area contributed by atoms with Crippen LogP contribution in [-0.2, 0) is 4.79 Å². The van der Waals surface area contributed by atoms with Crippen molar-refractivity contribution in [2.45, 2.75) is 5.03 Å². The molecule has 1 aromatic rings. The average Bonchev–Trinajstić information content (AvgIpc) is 2.00. The number of likely N-dealkylation sites (N-methyl/N-ethyl adjacent to an activating group) is 1. The molecule has 0 saturated heterocycles. The number of carboxylic acid groups (broad SMARTS) is 1. The zero-order valence-electron chi connectivity index (χ0n) is 7.39. The number of rotatable bonds is 3. The molecule has 0 fully saturated rings. The SMILES string of the molecule is CN(CC(=O)O)c1nc(S)cc(=S)[nH]1. The third kappa shape index (κ3) is 3.00. The van der Waals surface area contributed by atoms with Gasteiger partial charge in [0, 0.05) is 13.1 Å². The summed E-state index contributed by atoms with van der Waals surface area (Å²) in [6.45, 7) is -0.143. The van der Waals surface area contributed by atoms with Gasteiger partial charge in [0.25, 0.3) is 0 Å². The summed E-state index contributed by atoms with van der Waals surface area (Å²) in [5.74, 6) is -0.539. The molecule has 1 rings (SSSR count). The van der Waals surface area contributed by atoms with Gasteiger partial charge in [0.1, 0.15) is 11.2 Å². The van der Waals surface area contributed by atoms with Crippen molar-refractivity contribution < 1.29 is 9.90 Å². The van der Waals surface area contributed by atoms with Gasteiger partial charge in [-0.2, -0.15) is 0 Å². The van der Waals surface area contributed by atoms with Crippen LogP contribution in [0.3, 0.4) is 0 Å². The summed E-state index contributed by atoms with van der Waals surface area (Å²) in [6, 6.07) is 1.58. The van der Waals surface area contributed by atoms with Gasteiger partial charge in [-0.1, -0.05) is 12.2 Å². The summed E-state index contributed by atoms with van der Waals surface area (Å²) in [4.78, 5) is 18.6. The number of carboxylic acids is 1. The monoisotopic (exact) mass is 231 g/mol. The van der Waals surface area contributed by atoms with Crippen LogP contribution in [0.2, 0.25) is 0 Å². The van der Waals surface area contributed by atoms with Crippen molar-refractivity contribution in [2.75, 3.05) is 18.5 Å². The summed E-state index contributed by atoms with van der Waals surface area (Å²) in [7, 11) is 1.61. The zero-order valence-corrected chi connectivity index (χ0v) is 9.10. The van der Waals surface area contributed by atoms with Crippen molar-refractivity contribution >= 4 is 36.8 Å². The van der Waals surface area contributed by atoms with Gasteiger partial charge in [-0.15, -0.1) is 12.6 Å². The summed E-state index contributed by atoms with van der Waals surface area (Å²) in [5.41, 5.74) is 0. The Morgan fingerprint density at radius 2 is 2.50 bits per heavy atom. The second-order valence-electron chi connectivity index (χ2n) is 2.68. The highest BCUT2D eigenvalue weighted by Gasteiger charge is 2.07. The predicted molar refractivity (Wildman–Crippen MR) is 57.6 cm³/mol. The smallest absolute Gasteiger partial charge is 0.323 e. The van der Waals surface area contributed by atoms with Crippen LogP contribution < -0.4 is 4.90 Å². The normalized spacial score (nSPS) is 9.86. The lowest BCUT2D eigenvalue weighted by Crippen LogP contribution is -2.26. The van der Waals surface area contributed by atoms with Crippen molar-refractivity contribution in [3.8, 4) is 0 Å². The Morgan fingerprint density at radius 1 is 1.86 bits per heavy atom. The van der Waals surface area contributed by atoms with Gasteiger partial charge in [-0.25, -0.2) is 4.98 Å². The molecule has 0 unspecified atom stereocenters. The molecule has 0 amide bonds. The molecule has 0 atom stereocenters. The van der Waals surface area contributed by atoms with E-state index in [9.17, 15) is 4.79 Å². The first-order valence-corrected chi connectivity index (χ1v) is 4.58. The maximum Gasteiger partial charge on any atom is 0.323 e. The quantitative estimate of drug-likeness (QED) is 0.410. The molecule has 1 heterocycles. The summed E-state index contributed by atoms with van der Waals surface area (Å²) >= 11 is 8.94. The van der Waals surface area contributed by atoms with Crippen molar-refractivity contribution in [2.24, 2.45) is 0 Å². The second-order valence-corrected chi connectivity index (χ2v) is 3.58. The highest BCUT2D eigenvalue weighted by Crippen LogP contribution is 2.08. The molecule has 5 nitrogen and oxygen atoms in total. The van der Waals surface area contributed by atoms with E-state index in [0.717, 1.165) is 0 Å². The van der Waals surface area contributed by atoms with E-state index in [1.807, 2.05) is 0 Å². The van der Waals surface area contributed by atoms with E-state index in [1.54, 1.807) is 13.1 Å². The third-order valence-corrected chi connectivity index (χ3v) is 1.90. The maximum absolute atomic E-state index is 10.4. The van der Waals surface area contributed by atoms with Gasteiger partial charge in [-0.05, 0) is 0 Å². The molecule has 0 aliphatic carbocycles.